The Morgan fingerprint density at radius 1 is 0.762 bits per heavy atom. The molecule has 0 heterocycles. The zero-order valence-electron chi connectivity index (χ0n) is 38.9. The van der Waals surface area contributed by atoms with E-state index in [9.17, 15) is 9.59 Å². The fraction of sp³-hybridized carbons (Fsp3) is 0.443. The molecule has 0 N–H and O–H groups in total. The quantitative estimate of drug-likeness (QED) is 0.143. The summed E-state index contributed by atoms with van der Waals surface area (Å²) in [5.74, 6) is 3.57. The Kier molecular flexibility index (Phi) is 12.9. The summed E-state index contributed by atoms with van der Waals surface area (Å²) in [4.78, 5) is 26.8. The van der Waals surface area contributed by atoms with E-state index < -0.39 is 0 Å². The average molecular weight is 835 g/mol. The van der Waals surface area contributed by atoms with Gasteiger partial charge in [-0.3, -0.25) is 9.59 Å². The van der Waals surface area contributed by atoms with Crippen molar-refractivity contribution < 1.29 is 9.59 Å². The van der Waals surface area contributed by atoms with Gasteiger partial charge in [0, 0.05) is 36.0 Å². The lowest BCUT2D eigenvalue weighted by Crippen LogP contribution is -2.32. The third kappa shape index (κ3) is 9.25. The van der Waals surface area contributed by atoms with Gasteiger partial charge in [-0.25, -0.2) is 0 Å². The zero-order valence-corrected chi connectivity index (χ0v) is 38.9. The summed E-state index contributed by atoms with van der Waals surface area (Å²) in [6.07, 6.45) is 31.9. The molecule has 2 fully saturated rings. The van der Waals surface area contributed by atoms with Crippen LogP contribution in [0.2, 0.25) is 0 Å². The molecule has 3 aromatic carbocycles. The summed E-state index contributed by atoms with van der Waals surface area (Å²) in [5, 5.41) is 0. The van der Waals surface area contributed by atoms with Crippen molar-refractivity contribution in [2.75, 3.05) is 0 Å². The van der Waals surface area contributed by atoms with Gasteiger partial charge in [0.2, 0.25) is 0 Å². The summed E-state index contributed by atoms with van der Waals surface area (Å²) in [7, 11) is 0. The number of Topliss-reactive ketones (excluding diaryl/α,β-unsaturated/α-hetero) is 1. The summed E-state index contributed by atoms with van der Waals surface area (Å²) in [6, 6.07) is 26.8. The fourth-order valence-corrected chi connectivity index (χ4v) is 13.1. The van der Waals surface area contributed by atoms with Gasteiger partial charge in [-0.15, -0.1) is 0 Å². The van der Waals surface area contributed by atoms with E-state index in [1.54, 1.807) is 0 Å². The summed E-state index contributed by atoms with van der Waals surface area (Å²) in [6.45, 7) is 11.6. The molecule has 2 nitrogen and oxygen atoms in total. The van der Waals surface area contributed by atoms with Crippen molar-refractivity contribution in [1.29, 1.82) is 0 Å². The Morgan fingerprint density at radius 3 is 2.32 bits per heavy atom. The molecule has 63 heavy (non-hydrogen) atoms. The highest BCUT2D eigenvalue weighted by Gasteiger charge is 2.45. The molecule has 3 aromatic rings. The van der Waals surface area contributed by atoms with Gasteiger partial charge in [-0.2, -0.15) is 0 Å². The highest BCUT2D eigenvalue weighted by Crippen LogP contribution is 2.57. The van der Waals surface area contributed by atoms with Crippen molar-refractivity contribution in [3.8, 4) is 0 Å². The minimum Gasteiger partial charge on any atom is -0.300 e. The Morgan fingerprint density at radius 2 is 1.52 bits per heavy atom. The van der Waals surface area contributed by atoms with Crippen LogP contribution in [0.25, 0.3) is 5.57 Å². The van der Waals surface area contributed by atoms with Gasteiger partial charge in [-0.05, 0) is 169 Å². The summed E-state index contributed by atoms with van der Waals surface area (Å²) < 4.78 is 0. The molecule has 6 aliphatic rings. The number of allylic oxidation sites excluding steroid dienone is 13. The molecule has 0 aromatic heterocycles. The second-order valence-electron chi connectivity index (χ2n) is 21.0. The molecule has 4 atom stereocenters. The predicted octanol–water partition coefficient (Wildman–Crippen LogP) is 15.5. The van der Waals surface area contributed by atoms with Gasteiger partial charge in [0.1, 0.15) is 5.78 Å². The van der Waals surface area contributed by atoms with Gasteiger partial charge in [0.15, 0.2) is 5.78 Å². The van der Waals surface area contributed by atoms with E-state index in [1.165, 1.54) is 111 Å². The van der Waals surface area contributed by atoms with Crippen molar-refractivity contribution >= 4 is 17.1 Å². The van der Waals surface area contributed by atoms with Crippen molar-refractivity contribution in [3.05, 3.63) is 182 Å². The van der Waals surface area contributed by atoms with E-state index >= 15 is 0 Å². The Hall–Kier alpha value is -4.82. The molecule has 9 rings (SSSR count). The summed E-state index contributed by atoms with van der Waals surface area (Å²) >= 11 is 0. The third-order valence-electron chi connectivity index (χ3n) is 16.3. The van der Waals surface area contributed by atoms with Crippen LogP contribution < -0.4 is 0 Å². The van der Waals surface area contributed by atoms with Gasteiger partial charge in [0.25, 0.3) is 0 Å². The lowest BCUT2D eigenvalue weighted by molar-refractivity contribution is -0.120. The molecular weight excluding hydrogens is 765 g/mol. The largest absolute Gasteiger partial charge is 0.300 e. The number of aryl methyl sites for hydroxylation is 1. The maximum absolute atomic E-state index is 13.7. The topological polar surface area (TPSA) is 34.1 Å². The molecule has 0 bridgehead atoms. The standard InChI is InChI=1S/C61H70O2/c1-40-13-9-21-53-55(39-56(58(40)53)47-29-27-46(28-30-47)36-45-14-7-6-8-15-45)49-18-12-19-50(37-49)57(63)22-11-17-44-25-23-43(24-26-44)16-10-20-52(62)34-33-48-31-32-51-38-54-41(2)35-42(3)59(54)61(4,5)60(48)51/h6-9,11,13-15,21-22,27-32,35,38-39,43-44,49-50,55,60H,10,12,16-20,23-26,33-34,36-37H2,1-5H3/b22-11+/t43?,44?,49-,50?,55?,60?/m1/s1. The number of hydrogen-bond donors (Lipinski definition) is 0. The SMILES string of the molecule is CC1=CC(C)=C2C1=CC1=CC=C(CCC(=O)CCCC3CCC(C/C=C/C(=O)C4CCC[C@@H](C5C=C(c6ccc(Cc7ccccc7)cc6)c6c(C)cccc65)C4)CC3)C1C2(C)C. The van der Waals surface area contributed by atoms with Crippen LogP contribution in [0.5, 0.6) is 0 Å². The Bertz CT molecular complexity index is 2430. The maximum atomic E-state index is 13.7. The van der Waals surface area contributed by atoms with E-state index in [4.69, 9.17) is 0 Å². The van der Waals surface area contributed by atoms with Crippen molar-refractivity contribution in [3.63, 3.8) is 0 Å². The Balaban J connectivity index is 0.707. The smallest absolute Gasteiger partial charge is 0.158 e. The molecule has 326 valence electrons. The second-order valence-corrected chi connectivity index (χ2v) is 21.0. The van der Waals surface area contributed by atoms with Gasteiger partial charge in [-0.1, -0.05) is 154 Å². The van der Waals surface area contributed by atoms with Gasteiger partial charge in [0.05, 0.1) is 0 Å². The number of ketones is 2. The summed E-state index contributed by atoms with van der Waals surface area (Å²) in [5.41, 5.74) is 18.1. The van der Waals surface area contributed by atoms with Crippen LogP contribution in [-0.4, -0.2) is 11.6 Å². The van der Waals surface area contributed by atoms with Crippen LogP contribution in [0.15, 0.2) is 149 Å². The number of rotatable bonds is 15. The third-order valence-corrected chi connectivity index (χ3v) is 16.3. The first kappa shape index (κ1) is 43.4. The first-order chi connectivity index (χ1) is 30.5. The lowest BCUT2D eigenvalue weighted by atomic mass is 9.61. The lowest BCUT2D eigenvalue weighted by Gasteiger charge is -2.42. The van der Waals surface area contributed by atoms with Crippen LogP contribution >= 0.6 is 0 Å². The molecular formula is C61H70O2. The average Bonchev–Trinajstić information content (AvgIpc) is 3.98. The highest BCUT2D eigenvalue weighted by atomic mass is 16.1. The molecule has 2 saturated carbocycles. The number of hydrogen-bond acceptors (Lipinski definition) is 2. The van der Waals surface area contributed by atoms with Gasteiger partial charge < -0.3 is 0 Å². The number of carbonyl (C=O) groups is 2. The minimum absolute atomic E-state index is 0.0484. The van der Waals surface area contributed by atoms with E-state index in [0.29, 0.717) is 41.7 Å². The van der Waals surface area contributed by atoms with Crippen LogP contribution in [0, 0.1) is 41.9 Å². The number of carbonyl (C=O) groups excluding carboxylic acids is 2. The number of benzene rings is 3. The molecule has 0 aliphatic heterocycles. The van der Waals surface area contributed by atoms with Crippen LogP contribution in [-0.2, 0) is 16.0 Å². The van der Waals surface area contributed by atoms with Crippen molar-refractivity contribution in [2.45, 2.75) is 137 Å². The maximum Gasteiger partial charge on any atom is 0.158 e. The molecule has 3 unspecified atom stereocenters. The second kappa shape index (κ2) is 18.7. The monoisotopic (exact) mass is 835 g/mol. The Labute approximate surface area is 379 Å². The van der Waals surface area contributed by atoms with Crippen LogP contribution in [0.1, 0.15) is 157 Å². The minimum atomic E-state index is 0.0484. The molecule has 0 spiro atoms. The molecule has 0 amide bonds. The molecule has 0 radical (unpaired) electrons. The molecule has 0 saturated heterocycles. The molecule has 6 aliphatic carbocycles. The van der Waals surface area contributed by atoms with Crippen LogP contribution in [0.3, 0.4) is 0 Å². The molecule has 2 heteroatoms. The fourth-order valence-electron chi connectivity index (χ4n) is 13.1. The normalized spacial score (nSPS) is 26.1. The first-order valence-electron chi connectivity index (χ1n) is 24.7. The van der Waals surface area contributed by atoms with E-state index in [-0.39, 0.29) is 11.3 Å². The van der Waals surface area contributed by atoms with Crippen LogP contribution in [0.4, 0.5) is 0 Å². The van der Waals surface area contributed by atoms with E-state index in [0.717, 1.165) is 57.3 Å². The van der Waals surface area contributed by atoms with Crippen molar-refractivity contribution in [2.24, 2.45) is 35.0 Å². The number of fused-ring (bicyclic) bond motifs is 3. The van der Waals surface area contributed by atoms with E-state index in [1.807, 2.05) is 6.08 Å². The first-order valence-corrected chi connectivity index (χ1v) is 24.7. The zero-order chi connectivity index (χ0) is 43.7. The van der Waals surface area contributed by atoms with Crippen molar-refractivity contribution in [1.82, 2.24) is 0 Å². The predicted molar refractivity (Wildman–Crippen MR) is 262 cm³/mol. The van der Waals surface area contributed by atoms with E-state index in [2.05, 4.69) is 144 Å². The highest BCUT2D eigenvalue weighted by molar-refractivity contribution is 5.92. The van der Waals surface area contributed by atoms with Gasteiger partial charge >= 0.3 is 0 Å².